The van der Waals surface area contributed by atoms with Crippen molar-refractivity contribution in [1.82, 2.24) is 0 Å². The van der Waals surface area contributed by atoms with Crippen molar-refractivity contribution in [3.8, 4) is 0 Å². The maximum atomic E-state index is 13.3. The molecule has 1 aromatic heterocycles. The lowest BCUT2D eigenvalue weighted by molar-refractivity contribution is -0.137. The van der Waals surface area contributed by atoms with Crippen molar-refractivity contribution < 1.29 is 27.2 Å². The van der Waals surface area contributed by atoms with Crippen LogP contribution in [0.15, 0.2) is 59.2 Å². The molecular weight excluding hydrogens is 435 g/mol. The number of rotatable bonds is 5. The van der Waals surface area contributed by atoms with E-state index in [0.717, 1.165) is 25.0 Å². The summed E-state index contributed by atoms with van der Waals surface area (Å²) in [6.45, 7) is 3.18. The van der Waals surface area contributed by atoms with Crippen LogP contribution in [0.25, 0.3) is 0 Å². The Labute approximate surface area is 188 Å². The number of hydrogen-bond acceptors (Lipinski definition) is 4. The van der Waals surface area contributed by atoms with Crippen molar-refractivity contribution in [2.24, 2.45) is 0 Å². The highest BCUT2D eigenvalue weighted by Gasteiger charge is 2.32. The lowest BCUT2D eigenvalue weighted by atomic mass is 10.1. The Bertz CT molecular complexity index is 1170. The summed E-state index contributed by atoms with van der Waals surface area (Å²) in [4.78, 5) is 27.2. The Kier molecular flexibility index (Phi) is 6.13. The third kappa shape index (κ3) is 5.02. The summed E-state index contributed by atoms with van der Waals surface area (Å²) >= 11 is 0. The van der Waals surface area contributed by atoms with E-state index < -0.39 is 23.6 Å². The zero-order valence-electron chi connectivity index (χ0n) is 17.8. The third-order valence-electron chi connectivity index (χ3n) is 5.51. The maximum Gasteiger partial charge on any atom is 0.416 e. The van der Waals surface area contributed by atoms with Crippen LogP contribution in [-0.2, 0) is 6.18 Å². The largest absolute Gasteiger partial charge is 0.459 e. The molecule has 0 spiro atoms. The Hall–Kier alpha value is -3.75. The van der Waals surface area contributed by atoms with E-state index in [4.69, 9.17) is 4.42 Å². The molecule has 2 aromatic carbocycles. The molecule has 1 saturated heterocycles. The van der Waals surface area contributed by atoms with Gasteiger partial charge >= 0.3 is 6.18 Å². The number of carbonyl (C=O) groups is 2. The number of nitrogens with one attached hydrogen (secondary N) is 2. The van der Waals surface area contributed by atoms with Crippen LogP contribution in [0.3, 0.4) is 0 Å². The second kappa shape index (κ2) is 9.01. The molecule has 2 amide bonds. The highest BCUT2D eigenvalue weighted by Crippen LogP contribution is 2.36. The average molecular weight is 457 g/mol. The van der Waals surface area contributed by atoms with E-state index in [0.29, 0.717) is 30.0 Å². The number of aryl methyl sites for hydroxylation is 1. The first-order valence-electron chi connectivity index (χ1n) is 10.5. The number of furan rings is 1. The number of alkyl halides is 3. The highest BCUT2D eigenvalue weighted by molar-refractivity contribution is 6.08. The topological polar surface area (TPSA) is 74.6 Å². The van der Waals surface area contributed by atoms with Crippen molar-refractivity contribution in [3.05, 3.63) is 77.2 Å². The van der Waals surface area contributed by atoms with Crippen molar-refractivity contribution in [2.45, 2.75) is 25.9 Å². The fourth-order valence-electron chi connectivity index (χ4n) is 3.73. The van der Waals surface area contributed by atoms with Crippen molar-refractivity contribution in [3.63, 3.8) is 0 Å². The van der Waals surface area contributed by atoms with Gasteiger partial charge in [0.2, 0.25) is 0 Å². The summed E-state index contributed by atoms with van der Waals surface area (Å²) in [5.74, 6) is -0.943. The van der Waals surface area contributed by atoms with Gasteiger partial charge in [-0.1, -0.05) is 6.07 Å². The minimum Gasteiger partial charge on any atom is -0.459 e. The van der Waals surface area contributed by atoms with Gasteiger partial charge in [-0.2, -0.15) is 13.2 Å². The van der Waals surface area contributed by atoms with Crippen molar-refractivity contribution in [2.75, 3.05) is 28.6 Å². The van der Waals surface area contributed by atoms with Crippen LogP contribution in [0, 0.1) is 6.92 Å². The van der Waals surface area contributed by atoms with Gasteiger partial charge in [-0.3, -0.25) is 9.59 Å². The molecule has 6 nitrogen and oxygen atoms in total. The molecule has 2 heterocycles. The van der Waals surface area contributed by atoms with Crippen LogP contribution in [0.5, 0.6) is 0 Å². The Morgan fingerprint density at radius 1 is 0.939 bits per heavy atom. The van der Waals surface area contributed by atoms with Gasteiger partial charge in [-0.15, -0.1) is 0 Å². The van der Waals surface area contributed by atoms with Crippen LogP contribution in [0.4, 0.5) is 30.2 Å². The van der Waals surface area contributed by atoms with Crippen LogP contribution >= 0.6 is 0 Å². The molecule has 2 N–H and O–H groups in total. The Balaban J connectivity index is 1.60. The maximum absolute atomic E-state index is 13.3. The molecule has 1 aliphatic heterocycles. The van der Waals surface area contributed by atoms with Crippen molar-refractivity contribution >= 4 is 28.9 Å². The van der Waals surface area contributed by atoms with E-state index in [-0.39, 0.29) is 17.0 Å². The van der Waals surface area contributed by atoms with E-state index in [1.54, 1.807) is 25.1 Å². The minimum absolute atomic E-state index is 0.0958. The second-order valence-electron chi connectivity index (χ2n) is 7.84. The van der Waals surface area contributed by atoms with Crippen LogP contribution < -0.4 is 15.5 Å². The van der Waals surface area contributed by atoms with E-state index in [1.807, 2.05) is 4.90 Å². The number of carbonyl (C=O) groups excluding carboxylic acids is 2. The first-order valence-corrected chi connectivity index (χ1v) is 10.5. The number of amides is 2. The van der Waals surface area contributed by atoms with E-state index >= 15 is 0 Å². The molecule has 0 saturated carbocycles. The third-order valence-corrected chi connectivity index (χ3v) is 5.51. The quantitative estimate of drug-likeness (QED) is 0.515. The van der Waals surface area contributed by atoms with E-state index in [1.165, 1.54) is 24.5 Å². The molecule has 3 aromatic rings. The van der Waals surface area contributed by atoms with E-state index in [9.17, 15) is 22.8 Å². The summed E-state index contributed by atoms with van der Waals surface area (Å²) in [6, 6.07) is 11.2. The Morgan fingerprint density at radius 2 is 1.67 bits per heavy atom. The Morgan fingerprint density at radius 3 is 2.33 bits per heavy atom. The number of halogens is 3. The standard InChI is InChI=1S/C24H22F3N3O3/c1-15-6-7-16(13-18(15)28-23(32)21-5-4-12-33-21)22(31)29-19-14-17(24(25,26)27)8-9-20(19)30-10-2-3-11-30/h4-9,12-14H,2-3,10-11H2,1H3,(H,28,32)(H,29,31). The predicted octanol–water partition coefficient (Wildman–Crippen LogP) is 5.71. The molecule has 0 atom stereocenters. The van der Waals surface area contributed by atoms with Crippen molar-refractivity contribution in [1.29, 1.82) is 0 Å². The van der Waals surface area contributed by atoms with Crippen LogP contribution in [0.1, 0.15) is 44.9 Å². The van der Waals surface area contributed by atoms with Crippen LogP contribution in [-0.4, -0.2) is 24.9 Å². The molecule has 33 heavy (non-hydrogen) atoms. The number of benzene rings is 2. The number of anilines is 3. The van der Waals surface area contributed by atoms with Gasteiger partial charge in [0.05, 0.1) is 23.2 Å². The zero-order valence-corrected chi connectivity index (χ0v) is 17.8. The molecule has 172 valence electrons. The fraction of sp³-hybridized carbons (Fsp3) is 0.250. The monoisotopic (exact) mass is 457 g/mol. The average Bonchev–Trinajstić information content (AvgIpc) is 3.49. The van der Waals surface area contributed by atoms with Gasteiger partial charge in [0.1, 0.15) is 0 Å². The van der Waals surface area contributed by atoms with E-state index in [2.05, 4.69) is 10.6 Å². The number of hydrogen-bond donors (Lipinski definition) is 2. The molecule has 0 unspecified atom stereocenters. The summed E-state index contributed by atoms with van der Waals surface area (Å²) in [6.07, 6.45) is -1.29. The molecule has 9 heteroatoms. The van der Waals surface area contributed by atoms with Gasteiger partial charge in [-0.05, 0) is 67.8 Å². The first-order chi connectivity index (χ1) is 15.7. The molecular formula is C24H22F3N3O3. The zero-order chi connectivity index (χ0) is 23.6. The molecule has 1 fully saturated rings. The normalized spacial score (nSPS) is 13.8. The first kappa shape index (κ1) is 22.4. The summed E-state index contributed by atoms with van der Waals surface area (Å²) in [5.41, 5.74) is 1.11. The van der Waals surface area contributed by atoms with Gasteiger partial charge < -0.3 is 20.0 Å². The molecule has 1 aliphatic rings. The lowest BCUT2D eigenvalue weighted by Crippen LogP contribution is -2.22. The van der Waals surface area contributed by atoms with Gasteiger partial charge in [0.15, 0.2) is 5.76 Å². The summed E-state index contributed by atoms with van der Waals surface area (Å²) in [5, 5.41) is 5.32. The van der Waals surface area contributed by atoms with Crippen LogP contribution in [0.2, 0.25) is 0 Å². The van der Waals surface area contributed by atoms with Gasteiger partial charge in [0, 0.05) is 24.3 Å². The smallest absolute Gasteiger partial charge is 0.416 e. The molecule has 4 rings (SSSR count). The van der Waals surface area contributed by atoms with Gasteiger partial charge in [0.25, 0.3) is 11.8 Å². The predicted molar refractivity (Wildman–Crippen MR) is 119 cm³/mol. The molecule has 0 radical (unpaired) electrons. The second-order valence-corrected chi connectivity index (χ2v) is 7.84. The summed E-state index contributed by atoms with van der Waals surface area (Å²) in [7, 11) is 0. The molecule has 0 aliphatic carbocycles. The lowest BCUT2D eigenvalue weighted by Gasteiger charge is -2.23. The highest BCUT2D eigenvalue weighted by atomic mass is 19.4. The summed E-state index contributed by atoms with van der Waals surface area (Å²) < 4.78 is 45.0. The number of nitrogens with zero attached hydrogens (tertiary/aromatic N) is 1. The fourth-order valence-corrected chi connectivity index (χ4v) is 3.73. The molecule has 0 bridgehead atoms. The SMILES string of the molecule is Cc1ccc(C(=O)Nc2cc(C(F)(F)F)ccc2N2CCCC2)cc1NC(=O)c1ccco1. The van der Waals surface area contributed by atoms with Gasteiger partial charge in [-0.25, -0.2) is 0 Å². The minimum atomic E-state index is -4.53.